The van der Waals surface area contributed by atoms with Crippen molar-refractivity contribution in [2.24, 2.45) is 0 Å². The van der Waals surface area contributed by atoms with Crippen LogP contribution in [0.3, 0.4) is 0 Å². The van der Waals surface area contributed by atoms with E-state index in [1.807, 2.05) is 0 Å². The van der Waals surface area contributed by atoms with E-state index in [4.69, 9.17) is 4.98 Å². The predicted octanol–water partition coefficient (Wildman–Crippen LogP) is 16.0. The summed E-state index contributed by atoms with van der Waals surface area (Å²) in [6.45, 7) is 0. The molecule has 7 nitrogen and oxygen atoms in total. The number of rotatable bonds is 14. The molecule has 77 heavy (non-hydrogen) atoms. The highest BCUT2D eigenvalue weighted by Crippen LogP contribution is 2.64. The van der Waals surface area contributed by atoms with E-state index in [1.165, 1.54) is 84.9 Å². The first-order chi connectivity index (χ1) is 35.9. The Labute approximate surface area is 422 Å². The lowest BCUT2D eigenvalue weighted by Crippen LogP contribution is -2.71. The number of allylic oxidation sites excluding steroid dienone is 1. The van der Waals surface area contributed by atoms with E-state index in [0.717, 1.165) is 0 Å². The van der Waals surface area contributed by atoms with Gasteiger partial charge in [-0.2, -0.15) is 78.7 Å². The number of fused-ring (bicyclic) bond motifs is 8. The van der Waals surface area contributed by atoms with Crippen LogP contribution in [0.1, 0.15) is 22.8 Å². The van der Waals surface area contributed by atoms with Crippen LogP contribution in [0.4, 0.5) is 74.1 Å². The minimum absolute atomic E-state index is 0.00899. The molecule has 400 valence electrons. The van der Waals surface area contributed by atoms with Crippen molar-refractivity contribution in [3.8, 4) is 44.5 Å². The van der Waals surface area contributed by atoms with Crippen molar-refractivity contribution in [2.75, 3.05) is 0 Å². The van der Waals surface area contributed by atoms with Crippen molar-refractivity contribution < 1.29 is 87.3 Å². The van der Waals surface area contributed by atoms with Gasteiger partial charge in [-0.05, 0) is 64.7 Å². The summed E-state index contributed by atoms with van der Waals surface area (Å²) in [5.74, 6) is -41.2. The molecule has 0 fully saturated rings. The molecule has 2 aliphatic rings. The highest BCUT2D eigenvalue weighted by Gasteiger charge is 2.92. The quantitative estimate of drug-likeness (QED) is 0.0835. The number of aromatic amines is 2. The van der Waals surface area contributed by atoms with E-state index in [9.17, 15) is 38.6 Å². The van der Waals surface area contributed by atoms with Crippen LogP contribution in [0.5, 0.6) is 0 Å². The highest BCUT2D eigenvalue weighted by atomic mass is 32.3. The maximum atomic E-state index is 17.3. The molecule has 0 aliphatic carbocycles. The molecule has 0 unspecified atom stereocenters. The minimum atomic E-state index is -8.76. The van der Waals surface area contributed by atoms with Crippen LogP contribution in [0, 0.1) is 0 Å². The number of hydrogen-bond donors (Lipinski definition) is 2. The first-order valence-corrected chi connectivity index (χ1v) is 23.4. The fraction of sp³-hybridized carbons (Fsp3) is 0.154. The Bertz CT molecular complexity index is 3780. The molecule has 2 N–H and O–H groups in total. The van der Waals surface area contributed by atoms with Gasteiger partial charge in [0.1, 0.15) is 0 Å². The molecule has 3 aromatic heterocycles. The van der Waals surface area contributed by atoms with Crippen LogP contribution in [0.15, 0.2) is 146 Å². The molecule has 0 radical (unpaired) electrons. The van der Waals surface area contributed by atoms with E-state index in [1.54, 1.807) is 77.6 Å². The van der Waals surface area contributed by atoms with Gasteiger partial charge in [0.25, 0.3) is 0 Å². The molecule has 0 saturated carbocycles. The molecule has 2 aliphatic heterocycles. The molecule has 0 amide bonds. The van der Waals surface area contributed by atoms with Gasteiger partial charge in [-0.1, -0.05) is 125 Å². The van der Waals surface area contributed by atoms with Crippen molar-refractivity contribution in [1.29, 1.82) is 0 Å². The molecule has 0 atom stereocenters. The Kier molecular flexibility index (Phi) is 12.9. The zero-order valence-corrected chi connectivity index (χ0v) is 38.9. The summed E-state index contributed by atoms with van der Waals surface area (Å²) >= 11 is 0. The van der Waals surface area contributed by atoms with E-state index in [2.05, 4.69) is 15.0 Å². The van der Waals surface area contributed by atoms with Gasteiger partial charge >= 0.3 is 57.3 Å². The van der Waals surface area contributed by atoms with Crippen LogP contribution in [0.25, 0.3) is 90.4 Å². The van der Waals surface area contributed by atoms with Gasteiger partial charge in [0, 0.05) is 44.3 Å². The summed E-state index contributed by atoms with van der Waals surface area (Å²) in [7, 11) is -8.20. The molecule has 25 heteroatoms. The monoisotopic (exact) mass is 1110 g/mol. The molecule has 8 bridgehead atoms. The van der Waals surface area contributed by atoms with Crippen LogP contribution >= 0.6 is 0 Å². The largest absolute Gasteiger partial charge is 0.464 e. The van der Waals surface area contributed by atoms with Gasteiger partial charge < -0.3 is 9.97 Å². The summed E-state index contributed by atoms with van der Waals surface area (Å²) in [4.78, 5) is 15.4. The first-order valence-electron chi connectivity index (χ1n) is 22.0. The molecular formula is C52H29F17N4O3S. The summed E-state index contributed by atoms with van der Waals surface area (Å²) in [5.41, 5.74) is -3.63. The lowest BCUT2D eigenvalue weighted by atomic mass is 9.87. The average molecular weight is 1110 g/mol. The second-order valence-corrected chi connectivity index (χ2v) is 18.5. The normalized spacial score (nSPS) is 14.2. The fourth-order valence-electron chi connectivity index (χ4n) is 8.52. The number of benzene rings is 4. The zero-order chi connectivity index (χ0) is 55.9. The molecule has 0 spiro atoms. The molecule has 0 saturated heterocycles. The Morgan fingerprint density at radius 2 is 0.727 bits per heavy atom. The van der Waals surface area contributed by atoms with Gasteiger partial charge in [0.15, 0.2) is 0 Å². The van der Waals surface area contributed by atoms with Gasteiger partial charge in [0.2, 0.25) is 0 Å². The summed E-state index contributed by atoms with van der Waals surface area (Å²) in [5, 5.41) is -7.67. The van der Waals surface area contributed by atoms with Crippen LogP contribution in [-0.4, -0.2) is 75.4 Å². The average Bonchev–Trinajstić information content (AvgIpc) is 4.26. The van der Waals surface area contributed by atoms with Crippen LogP contribution in [0.2, 0.25) is 0 Å². The topological polar surface area (TPSA) is 101 Å². The van der Waals surface area contributed by atoms with E-state index >= 15 is 43.9 Å². The number of ether oxygens (including phenoxy) is 1. The number of nitrogens with one attached hydrogen (secondary N) is 2. The van der Waals surface area contributed by atoms with Gasteiger partial charge in [0.05, 0.1) is 28.3 Å². The van der Waals surface area contributed by atoms with Crippen molar-refractivity contribution in [3.63, 3.8) is 0 Å². The van der Waals surface area contributed by atoms with Crippen LogP contribution < -0.4 is 0 Å². The highest BCUT2D eigenvalue weighted by molar-refractivity contribution is 7.87. The molecule has 9 rings (SSSR count). The van der Waals surface area contributed by atoms with Crippen molar-refractivity contribution >= 4 is 56.1 Å². The number of alkyl halides is 16. The fourth-order valence-corrected chi connectivity index (χ4v) is 8.85. The third-order valence-electron chi connectivity index (χ3n) is 12.3. The molecule has 7 aromatic rings. The summed E-state index contributed by atoms with van der Waals surface area (Å²) in [6, 6.07) is 35.6. The van der Waals surface area contributed by atoms with Gasteiger partial charge in [-0.15, -0.1) is 0 Å². The van der Waals surface area contributed by atoms with Crippen molar-refractivity contribution in [1.82, 2.24) is 19.9 Å². The minimum Gasteiger partial charge on any atom is -0.354 e. The Morgan fingerprint density at radius 3 is 1.10 bits per heavy atom. The maximum Gasteiger partial charge on any atom is 0.464 e. The first kappa shape index (κ1) is 54.0. The summed E-state index contributed by atoms with van der Waals surface area (Å²) < 4.78 is 280. The number of nitrogens with zero attached hydrogens (tertiary/aromatic N) is 2. The van der Waals surface area contributed by atoms with Gasteiger partial charge in [-0.25, -0.2) is 14.7 Å². The van der Waals surface area contributed by atoms with Gasteiger partial charge in [-0.3, -0.25) is 0 Å². The lowest BCUT2D eigenvalue weighted by molar-refractivity contribution is -0.498. The standard InChI is InChI=1S/C52H29F17N4O3S/c53-45(54,46(55,56)47(57,58)48(59,60)49(61,62)50(63,64)76-51(65,66)52(67,68)77(69,74)75)32-27-39-42(30-17-9-3-10-18-30)37-24-23-35(71-37)40(28-13-5-1-6-14-28)33-21-22-34(70-33)41(29-15-7-2-8-16-29)36-25-26-38(72-36)43(44(32)73-39)31-19-11-4-12-20-31/h1-27,71-72H. The Hall–Kier alpha value is -7.80. The SMILES string of the molecule is O=S(=O)(F)C(F)(F)C(F)(F)OC(F)(F)C(F)(F)C(F)(F)C(F)(F)C(F)(F)C(F)(F)C1=Cc2nc1c(-c1ccccc1)c1ccc([nH]1)c(-c1ccccc1)c1nc(c(-c3ccccc3)c3ccc([nH]3)c2-c2ccccc2)C=C1. The van der Waals surface area contributed by atoms with E-state index in [-0.39, 0.29) is 50.5 Å². The number of halogens is 17. The van der Waals surface area contributed by atoms with Crippen molar-refractivity contribution in [2.45, 2.75) is 47.1 Å². The zero-order valence-electron chi connectivity index (χ0n) is 38.0. The third-order valence-corrected chi connectivity index (χ3v) is 13.1. The number of aromatic nitrogens is 4. The maximum absolute atomic E-state index is 17.3. The Balaban J connectivity index is 1.37. The van der Waals surface area contributed by atoms with E-state index < -0.39 is 79.8 Å². The smallest absolute Gasteiger partial charge is 0.354 e. The molecule has 4 aromatic carbocycles. The van der Waals surface area contributed by atoms with Crippen molar-refractivity contribution in [3.05, 3.63) is 168 Å². The lowest BCUT2D eigenvalue weighted by Gasteiger charge is -2.41. The summed E-state index contributed by atoms with van der Waals surface area (Å²) in [6.07, 6.45) is -12.8. The van der Waals surface area contributed by atoms with E-state index in [0.29, 0.717) is 27.9 Å². The number of H-pyrrole nitrogens is 2. The second-order valence-electron chi connectivity index (χ2n) is 17.1. The van der Waals surface area contributed by atoms with Crippen LogP contribution in [-0.2, 0) is 15.0 Å². The third kappa shape index (κ3) is 8.62. The Morgan fingerprint density at radius 1 is 0.390 bits per heavy atom. The second kappa shape index (κ2) is 18.5. The number of hydrogen-bond acceptors (Lipinski definition) is 5. The predicted molar refractivity (Wildman–Crippen MR) is 250 cm³/mol. The molecule has 5 heterocycles. The molecular weight excluding hydrogens is 1080 g/mol.